The van der Waals surface area contributed by atoms with E-state index in [2.05, 4.69) is 20.8 Å². The molecule has 0 saturated carbocycles. The molecule has 1 unspecified atom stereocenters. The number of rotatable bonds is 3. The largest absolute Gasteiger partial charge is 0.355 e. The normalized spacial score (nSPS) is 17.6. The van der Waals surface area contributed by atoms with E-state index in [1.54, 1.807) is 18.0 Å². The Balaban J connectivity index is 1.95. The zero-order chi connectivity index (χ0) is 18.8. The van der Waals surface area contributed by atoms with Gasteiger partial charge in [0.15, 0.2) is 0 Å². The highest BCUT2D eigenvalue weighted by Crippen LogP contribution is 2.33. The average Bonchev–Trinajstić information content (AvgIpc) is 3.03. The third-order valence-corrected chi connectivity index (χ3v) is 4.58. The molecular formula is C18H25N5O3. The van der Waals surface area contributed by atoms with Gasteiger partial charge in [0.2, 0.25) is 0 Å². The van der Waals surface area contributed by atoms with E-state index < -0.39 is 0 Å². The SMILES string of the molecule is CNC(=O)c1cc(C)nc2onc(C3CCCN(C(=O)NC(C)C)C3)c12. The van der Waals surface area contributed by atoms with Crippen LogP contribution in [0.3, 0.4) is 0 Å². The second-order valence-corrected chi connectivity index (χ2v) is 7.03. The lowest BCUT2D eigenvalue weighted by Gasteiger charge is -2.32. The van der Waals surface area contributed by atoms with Crippen molar-refractivity contribution in [1.29, 1.82) is 0 Å². The monoisotopic (exact) mass is 359 g/mol. The Hall–Kier alpha value is -2.64. The minimum atomic E-state index is -0.199. The van der Waals surface area contributed by atoms with Crippen LogP contribution in [-0.2, 0) is 0 Å². The van der Waals surface area contributed by atoms with Crippen molar-refractivity contribution in [3.05, 3.63) is 23.0 Å². The van der Waals surface area contributed by atoms with Crippen LogP contribution in [0, 0.1) is 6.92 Å². The summed E-state index contributed by atoms with van der Waals surface area (Å²) in [4.78, 5) is 30.8. The van der Waals surface area contributed by atoms with E-state index >= 15 is 0 Å². The van der Waals surface area contributed by atoms with Crippen LogP contribution in [0.2, 0.25) is 0 Å². The molecule has 1 saturated heterocycles. The molecule has 0 radical (unpaired) electrons. The van der Waals surface area contributed by atoms with Gasteiger partial charge in [-0.1, -0.05) is 5.16 Å². The van der Waals surface area contributed by atoms with Crippen molar-refractivity contribution in [3.8, 4) is 0 Å². The van der Waals surface area contributed by atoms with Gasteiger partial charge in [-0.2, -0.15) is 0 Å². The summed E-state index contributed by atoms with van der Waals surface area (Å²) in [6.07, 6.45) is 1.76. The molecule has 0 aromatic carbocycles. The number of urea groups is 1. The van der Waals surface area contributed by atoms with E-state index in [9.17, 15) is 9.59 Å². The fourth-order valence-corrected chi connectivity index (χ4v) is 3.41. The maximum absolute atomic E-state index is 12.3. The first-order valence-electron chi connectivity index (χ1n) is 8.95. The molecule has 2 N–H and O–H groups in total. The quantitative estimate of drug-likeness (QED) is 0.875. The first-order chi connectivity index (χ1) is 12.4. The van der Waals surface area contributed by atoms with Crippen molar-refractivity contribution in [2.45, 2.75) is 45.6 Å². The van der Waals surface area contributed by atoms with Gasteiger partial charge in [-0.3, -0.25) is 4.79 Å². The minimum Gasteiger partial charge on any atom is -0.355 e. The van der Waals surface area contributed by atoms with Crippen molar-refractivity contribution in [2.75, 3.05) is 20.1 Å². The number of nitrogens with one attached hydrogen (secondary N) is 2. The number of pyridine rings is 1. The third kappa shape index (κ3) is 3.49. The van der Waals surface area contributed by atoms with Crippen LogP contribution in [0.1, 0.15) is 54.4 Å². The standard InChI is InChI=1S/C18H25N5O3/c1-10(2)20-18(25)23-7-5-6-12(9-23)15-14-13(16(24)19-4)8-11(3)21-17(14)26-22-15/h8,10,12H,5-7,9H2,1-4H3,(H,19,24)(H,20,25). The second kappa shape index (κ2) is 7.31. The molecule has 140 valence electrons. The molecule has 8 nitrogen and oxygen atoms in total. The summed E-state index contributed by atoms with van der Waals surface area (Å²) in [6, 6.07) is 1.76. The van der Waals surface area contributed by atoms with Crippen molar-refractivity contribution in [1.82, 2.24) is 25.7 Å². The van der Waals surface area contributed by atoms with Crippen LogP contribution in [0.25, 0.3) is 11.1 Å². The van der Waals surface area contributed by atoms with Crippen LogP contribution in [0.15, 0.2) is 10.6 Å². The van der Waals surface area contributed by atoms with Gasteiger partial charge in [0, 0.05) is 37.8 Å². The number of carbonyl (C=O) groups excluding carboxylic acids is 2. The van der Waals surface area contributed by atoms with E-state index in [0.29, 0.717) is 41.1 Å². The summed E-state index contributed by atoms with van der Waals surface area (Å²) in [6.45, 7) is 6.95. The molecule has 1 aliphatic rings. The fourth-order valence-electron chi connectivity index (χ4n) is 3.41. The summed E-state index contributed by atoms with van der Waals surface area (Å²) in [5.74, 6) is -0.189. The Labute approximate surface area is 152 Å². The molecular weight excluding hydrogens is 334 g/mol. The maximum atomic E-state index is 12.3. The molecule has 1 atom stereocenters. The Morgan fingerprint density at radius 2 is 2.15 bits per heavy atom. The van der Waals surface area contributed by atoms with Crippen LogP contribution in [0.4, 0.5) is 4.79 Å². The van der Waals surface area contributed by atoms with Crippen LogP contribution >= 0.6 is 0 Å². The first kappa shape index (κ1) is 18.2. The van der Waals surface area contributed by atoms with E-state index in [1.807, 2.05) is 20.8 Å². The smallest absolute Gasteiger partial charge is 0.317 e. The Morgan fingerprint density at radius 3 is 2.85 bits per heavy atom. The van der Waals surface area contributed by atoms with Gasteiger partial charge in [-0.25, -0.2) is 9.78 Å². The van der Waals surface area contributed by atoms with Gasteiger partial charge in [0.1, 0.15) is 0 Å². The summed E-state index contributed by atoms with van der Waals surface area (Å²) in [7, 11) is 1.59. The molecule has 0 bridgehead atoms. The first-order valence-corrected chi connectivity index (χ1v) is 8.95. The van der Waals surface area contributed by atoms with E-state index in [0.717, 1.165) is 12.8 Å². The molecule has 3 rings (SSSR count). The molecule has 1 aliphatic heterocycles. The van der Waals surface area contributed by atoms with Gasteiger partial charge in [-0.05, 0) is 39.7 Å². The molecule has 8 heteroatoms. The highest BCUT2D eigenvalue weighted by molar-refractivity contribution is 6.06. The lowest BCUT2D eigenvalue weighted by atomic mass is 9.92. The predicted octanol–water partition coefficient (Wildman–Crippen LogP) is 2.19. The van der Waals surface area contributed by atoms with Crippen molar-refractivity contribution >= 4 is 23.0 Å². The number of nitrogens with zero attached hydrogens (tertiary/aromatic N) is 3. The Kier molecular flexibility index (Phi) is 5.11. The lowest BCUT2D eigenvalue weighted by Crippen LogP contribution is -2.47. The van der Waals surface area contributed by atoms with Gasteiger partial charge in [0.25, 0.3) is 11.6 Å². The van der Waals surface area contributed by atoms with Crippen molar-refractivity contribution in [3.63, 3.8) is 0 Å². The zero-order valence-corrected chi connectivity index (χ0v) is 15.6. The predicted molar refractivity (Wildman–Crippen MR) is 97.1 cm³/mol. The average molecular weight is 359 g/mol. The van der Waals surface area contributed by atoms with Crippen LogP contribution in [-0.4, -0.2) is 53.2 Å². The highest BCUT2D eigenvalue weighted by Gasteiger charge is 2.30. The Bertz CT molecular complexity index is 830. The summed E-state index contributed by atoms with van der Waals surface area (Å²) >= 11 is 0. The number of fused-ring (bicyclic) bond motifs is 1. The topological polar surface area (TPSA) is 100 Å². The molecule has 0 spiro atoms. The van der Waals surface area contributed by atoms with E-state index in [1.165, 1.54) is 0 Å². The number of aryl methyl sites for hydroxylation is 1. The molecule has 3 heterocycles. The van der Waals surface area contributed by atoms with Gasteiger partial charge in [0.05, 0.1) is 16.6 Å². The summed E-state index contributed by atoms with van der Waals surface area (Å²) in [5, 5.41) is 10.4. The summed E-state index contributed by atoms with van der Waals surface area (Å²) in [5.41, 5.74) is 2.27. The number of amides is 3. The van der Waals surface area contributed by atoms with Gasteiger partial charge < -0.3 is 20.1 Å². The molecule has 0 aliphatic carbocycles. The van der Waals surface area contributed by atoms with Gasteiger partial charge in [-0.15, -0.1) is 0 Å². The third-order valence-electron chi connectivity index (χ3n) is 4.58. The molecule has 2 aromatic rings. The number of piperidine rings is 1. The van der Waals surface area contributed by atoms with E-state index in [4.69, 9.17) is 4.52 Å². The maximum Gasteiger partial charge on any atom is 0.317 e. The number of hydrogen-bond donors (Lipinski definition) is 2. The van der Waals surface area contributed by atoms with Crippen LogP contribution < -0.4 is 10.6 Å². The molecule has 1 fully saturated rings. The van der Waals surface area contributed by atoms with E-state index in [-0.39, 0.29) is 23.9 Å². The fraction of sp³-hybridized carbons (Fsp3) is 0.556. The number of carbonyl (C=O) groups is 2. The molecule has 26 heavy (non-hydrogen) atoms. The van der Waals surface area contributed by atoms with Crippen molar-refractivity contribution in [2.24, 2.45) is 0 Å². The zero-order valence-electron chi connectivity index (χ0n) is 15.6. The number of hydrogen-bond acceptors (Lipinski definition) is 5. The molecule has 3 amide bonds. The van der Waals surface area contributed by atoms with Crippen LogP contribution in [0.5, 0.6) is 0 Å². The molecule has 2 aromatic heterocycles. The second-order valence-electron chi connectivity index (χ2n) is 7.03. The van der Waals surface area contributed by atoms with Gasteiger partial charge >= 0.3 is 6.03 Å². The number of likely N-dealkylation sites (tertiary alicyclic amines) is 1. The van der Waals surface area contributed by atoms with Crippen molar-refractivity contribution < 1.29 is 14.1 Å². The lowest BCUT2D eigenvalue weighted by molar-refractivity contribution is 0.0964. The Morgan fingerprint density at radius 1 is 1.38 bits per heavy atom. The highest BCUT2D eigenvalue weighted by atomic mass is 16.5. The summed E-state index contributed by atoms with van der Waals surface area (Å²) < 4.78 is 5.42. The number of aromatic nitrogens is 2. The minimum absolute atomic E-state index is 0.0100.